The highest BCUT2D eigenvalue weighted by Gasteiger charge is 2.25. The number of guanidine groups is 1. The summed E-state index contributed by atoms with van der Waals surface area (Å²) < 4.78 is 5.71. The van der Waals surface area contributed by atoms with Crippen molar-refractivity contribution in [1.82, 2.24) is 10.6 Å². The molecule has 28 heavy (non-hydrogen) atoms. The molecule has 5 nitrogen and oxygen atoms in total. The van der Waals surface area contributed by atoms with Gasteiger partial charge >= 0.3 is 0 Å². The van der Waals surface area contributed by atoms with E-state index >= 15 is 0 Å². The van der Waals surface area contributed by atoms with Crippen LogP contribution in [0.3, 0.4) is 0 Å². The van der Waals surface area contributed by atoms with Crippen molar-refractivity contribution in [2.75, 3.05) is 19.6 Å². The fourth-order valence-electron chi connectivity index (χ4n) is 3.46. The second-order valence-corrected chi connectivity index (χ2v) is 7.46. The minimum atomic E-state index is -0.671. The highest BCUT2D eigenvalue weighted by molar-refractivity contribution is 5.79. The van der Waals surface area contributed by atoms with Crippen molar-refractivity contribution in [3.05, 3.63) is 65.2 Å². The first-order chi connectivity index (χ1) is 13.6. The monoisotopic (exact) mass is 381 g/mol. The number of aliphatic imine (C=N–C) groups is 1. The highest BCUT2D eigenvalue weighted by atomic mass is 16.5. The molecule has 0 aliphatic heterocycles. The standard InChI is InChI=1S/C23H31N3O2/c1-4-24-23(25-14-19-12-17-8-5-6-11-21(17)19)26-15-22(27)18-9-7-10-20(13-18)28-16(2)3/h5-11,13,16,19,22,27H,4,12,14-15H2,1-3H3,(H2,24,25,26). The van der Waals surface area contributed by atoms with Gasteiger partial charge in [-0.2, -0.15) is 0 Å². The number of ether oxygens (including phenoxy) is 1. The Bertz CT molecular complexity index is 804. The van der Waals surface area contributed by atoms with Crippen LogP contribution in [0.25, 0.3) is 0 Å². The summed E-state index contributed by atoms with van der Waals surface area (Å²) >= 11 is 0. The number of aliphatic hydroxyl groups excluding tert-OH is 1. The number of fused-ring (bicyclic) bond motifs is 1. The summed E-state index contributed by atoms with van der Waals surface area (Å²) in [6.07, 6.45) is 0.538. The predicted molar refractivity (Wildman–Crippen MR) is 114 cm³/mol. The molecule has 0 fully saturated rings. The molecule has 2 aromatic carbocycles. The van der Waals surface area contributed by atoms with Gasteiger partial charge in [0, 0.05) is 19.0 Å². The Hall–Kier alpha value is -2.53. The fourth-order valence-corrected chi connectivity index (χ4v) is 3.46. The predicted octanol–water partition coefficient (Wildman–Crippen LogP) is 3.40. The minimum Gasteiger partial charge on any atom is -0.491 e. The van der Waals surface area contributed by atoms with Crippen LogP contribution in [0.15, 0.2) is 53.5 Å². The Morgan fingerprint density at radius 1 is 1.18 bits per heavy atom. The fraction of sp³-hybridized carbons (Fsp3) is 0.435. The minimum absolute atomic E-state index is 0.103. The molecule has 0 heterocycles. The van der Waals surface area contributed by atoms with Gasteiger partial charge in [0.1, 0.15) is 5.75 Å². The number of nitrogens with one attached hydrogen (secondary N) is 2. The van der Waals surface area contributed by atoms with Gasteiger partial charge in [0.2, 0.25) is 0 Å². The van der Waals surface area contributed by atoms with Crippen LogP contribution < -0.4 is 15.4 Å². The number of hydrogen-bond donors (Lipinski definition) is 3. The molecule has 150 valence electrons. The lowest BCUT2D eigenvalue weighted by atomic mass is 9.78. The average molecular weight is 382 g/mol. The topological polar surface area (TPSA) is 65.9 Å². The van der Waals surface area contributed by atoms with Gasteiger partial charge in [0.25, 0.3) is 0 Å². The maximum atomic E-state index is 10.5. The third-order valence-electron chi connectivity index (χ3n) is 4.86. The average Bonchev–Trinajstić information content (AvgIpc) is 2.66. The Labute approximate surface area is 167 Å². The van der Waals surface area contributed by atoms with Crippen LogP contribution in [0.1, 0.15) is 49.5 Å². The Morgan fingerprint density at radius 3 is 2.75 bits per heavy atom. The molecule has 0 radical (unpaired) electrons. The van der Waals surface area contributed by atoms with Crippen molar-refractivity contribution in [3.63, 3.8) is 0 Å². The van der Waals surface area contributed by atoms with Crippen molar-refractivity contribution in [2.45, 2.75) is 45.3 Å². The second kappa shape index (κ2) is 9.60. The van der Waals surface area contributed by atoms with E-state index in [4.69, 9.17) is 4.74 Å². The summed E-state index contributed by atoms with van der Waals surface area (Å²) in [6, 6.07) is 16.2. The Morgan fingerprint density at radius 2 is 2.00 bits per heavy atom. The summed E-state index contributed by atoms with van der Waals surface area (Å²) in [5, 5.41) is 17.2. The van der Waals surface area contributed by atoms with Gasteiger partial charge in [-0.3, -0.25) is 4.99 Å². The molecular weight excluding hydrogens is 350 g/mol. The first-order valence-electron chi connectivity index (χ1n) is 10.1. The van der Waals surface area contributed by atoms with Crippen LogP contribution in [0, 0.1) is 0 Å². The van der Waals surface area contributed by atoms with E-state index in [1.165, 1.54) is 11.1 Å². The number of hydrogen-bond acceptors (Lipinski definition) is 3. The molecule has 0 saturated heterocycles. The van der Waals surface area contributed by atoms with Crippen LogP contribution in [-0.2, 0) is 6.42 Å². The Kier molecular flexibility index (Phi) is 6.93. The first kappa shape index (κ1) is 20.2. The lowest BCUT2D eigenvalue weighted by Crippen LogP contribution is -2.41. The molecule has 2 aromatic rings. The van der Waals surface area contributed by atoms with E-state index in [1.807, 2.05) is 45.0 Å². The van der Waals surface area contributed by atoms with Crippen molar-refractivity contribution >= 4 is 5.96 Å². The maximum absolute atomic E-state index is 10.5. The zero-order valence-corrected chi connectivity index (χ0v) is 17.0. The largest absolute Gasteiger partial charge is 0.491 e. The van der Waals surface area contributed by atoms with Crippen LogP contribution in [0.2, 0.25) is 0 Å². The summed E-state index contributed by atoms with van der Waals surface area (Å²) in [5.74, 6) is 2.03. The van der Waals surface area contributed by atoms with Gasteiger partial charge in [0.05, 0.1) is 18.8 Å². The molecule has 0 amide bonds. The molecule has 1 aliphatic rings. The van der Waals surface area contributed by atoms with Crippen molar-refractivity contribution in [3.8, 4) is 5.75 Å². The number of aliphatic hydroxyl groups is 1. The lowest BCUT2D eigenvalue weighted by Gasteiger charge is -2.30. The van der Waals surface area contributed by atoms with E-state index in [0.717, 1.165) is 36.8 Å². The zero-order chi connectivity index (χ0) is 19.9. The summed E-state index contributed by atoms with van der Waals surface area (Å²) in [6.45, 7) is 7.93. The van der Waals surface area contributed by atoms with Crippen molar-refractivity contribution < 1.29 is 9.84 Å². The molecule has 0 spiro atoms. The van der Waals surface area contributed by atoms with Crippen LogP contribution in [0.4, 0.5) is 0 Å². The van der Waals surface area contributed by atoms with E-state index in [2.05, 4.69) is 39.9 Å². The highest BCUT2D eigenvalue weighted by Crippen LogP contribution is 2.33. The normalized spacial score (nSPS) is 16.9. The first-order valence-corrected chi connectivity index (χ1v) is 10.1. The number of rotatable bonds is 8. The summed E-state index contributed by atoms with van der Waals surface area (Å²) in [4.78, 5) is 4.57. The molecule has 0 aromatic heterocycles. The summed E-state index contributed by atoms with van der Waals surface area (Å²) in [7, 11) is 0. The molecule has 0 bridgehead atoms. The molecule has 5 heteroatoms. The van der Waals surface area contributed by atoms with E-state index in [-0.39, 0.29) is 6.10 Å². The molecule has 2 atom stereocenters. The lowest BCUT2D eigenvalue weighted by molar-refractivity contribution is 0.185. The number of nitrogens with zero attached hydrogens (tertiary/aromatic N) is 1. The van der Waals surface area contributed by atoms with Gasteiger partial charge in [-0.1, -0.05) is 36.4 Å². The van der Waals surface area contributed by atoms with Crippen molar-refractivity contribution in [1.29, 1.82) is 0 Å². The van der Waals surface area contributed by atoms with Crippen LogP contribution in [-0.4, -0.2) is 36.8 Å². The molecule has 2 unspecified atom stereocenters. The second-order valence-electron chi connectivity index (χ2n) is 7.46. The summed E-state index contributed by atoms with van der Waals surface area (Å²) in [5.41, 5.74) is 3.67. The molecule has 0 saturated carbocycles. The zero-order valence-electron chi connectivity index (χ0n) is 17.0. The third kappa shape index (κ3) is 5.26. The van der Waals surface area contributed by atoms with Crippen LogP contribution >= 0.6 is 0 Å². The van der Waals surface area contributed by atoms with Gasteiger partial charge in [-0.25, -0.2) is 0 Å². The molecule has 3 rings (SSSR count). The van der Waals surface area contributed by atoms with Gasteiger partial charge in [-0.15, -0.1) is 0 Å². The maximum Gasteiger partial charge on any atom is 0.191 e. The smallest absolute Gasteiger partial charge is 0.191 e. The van der Waals surface area contributed by atoms with Gasteiger partial charge < -0.3 is 20.5 Å². The van der Waals surface area contributed by atoms with E-state index in [0.29, 0.717) is 12.5 Å². The number of benzene rings is 2. The van der Waals surface area contributed by atoms with E-state index < -0.39 is 6.10 Å². The van der Waals surface area contributed by atoms with Gasteiger partial charge in [-0.05, 0) is 56.0 Å². The van der Waals surface area contributed by atoms with E-state index in [9.17, 15) is 5.11 Å². The van der Waals surface area contributed by atoms with Crippen LogP contribution in [0.5, 0.6) is 5.75 Å². The van der Waals surface area contributed by atoms with Gasteiger partial charge in [0.15, 0.2) is 5.96 Å². The van der Waals surface area contributed by atoms with Crippen molar-refractivity contribution in [2.24, 2.45) is 4.99 Å². The quantitative estimate of drug-likeness (QED) is 0.484. The third-order valence-corrected chi connectivity index (χ3v) is 4.86. The molecule has 3 N–H and O–H groups in total. The Balaban J connectivity index is 1.56. The molecule has 1 aliphatic carbocycles. The SMILES string of the molecule is CCNC(=NCC(O)c1cccc(OC(C)C)c1)NCC1Cc2ccccc21. The molecular formula is C23H31N3O2. The van der Waals surface area contributed by atoms with E-state index in [1.54, 1.807) is 0 Å².